The van der Waals surface area contributed by atoms with Crippen molar-refractivity contribution < 1.29 is 13.2 Å². The van der Waals surface area contributed by atoms with Crippen LogP contribution in [0.4, 0.5) is 0 Å². The minimum Gasteiger partial charge on any atom is -0.366 e. The van der Waals surface area contributed by atoms with Crippen LogP contribution < -0.4 is 5.73 Å². The molecule has 7 heteroatoms. The minimum atomic E-state index is -3.55. The number of amides is 1. The molecular formula is C13H15BrN2O3S. The Labute approximate surface area is 126 Å². The molecule has 1 saturated heterocycles. The van der Waals surface area contributed by atoms with Crippen molar-refractivity contribution in [2.45, 2.75) is 36.1 Å². The Hall–Kier alpha value is -0.920. The van der Waals surface area contributed by atoms with E-state index in [2.05, 4.69) is 15.9 Å². The summed E-state index contributed by atoms with van der Waals surface area (Å²) in [5.74, 6) is -0.635. The van der Waals surface area contributed by atoms with E-state index in [9.17, 15) is 13.2 Å². The van der Waals surface area contributed by atoms with Gasteiger partial charge in [-0.1, -0.05) is 15.9 Å². The molecule has 0 radical (unpaired) electrons. The number of hydrogen-bond donors (Lipinski definition) is 1. The van der Waals surface area contributed by atoms with E-state index in [1.54, 1.807) is 4.31 Å². The summed E-state index contributed by atoms with van der Waals surface area (Å²) in [4.78, 5) is 11.4. The van der Waals surface area contributed by atoms with Crippen molar-refractivity contribution in [1.82, 2.24) is 4.31 Å². The van der Waals surface area contributed by atoms with E-state index < -0.39 is 15.9 Å². The molecule has 1 aromatic rings. The van der Waals surface area contributed by atoms with Crippen LogP contribution in [0.25, 0.3) is 0 Å². The van der Waals surface area contributed by atoms with Crippen LogP contribution in [-0.2, 0) is 10.0 Å². The summed E-state index contributed by atoms with van der Waals surface area (Å²) in [7, 11) is -3.55. The van der Waals surface area contributed by atoms with Crippen LogP contribution in [0.5, 0.6) is 0 Å². The normalized spacial score (nSPS) is 21.2. The Morgan fingerprint density at radius 1 is 1.25 bits per heavy atom. The fourth-order valence-corrected chi connectivity index (χ4v) is 5.53. The SMILES string of the molecule is NC(=O)c1cc(Br)cc(S(=O)(=O)N2CCC23CCC3)c1. The van der Waals surface area contributed by atoms with E-state index in [1.165, 1.54) is 18.2 Å². The van der Waals surface area contributed by atoms with Crippen LogP contribution in [0.2, 0.25) is 0 Å². The predicted octanol–water partition coefficient (Wildman–Crippen LogP) is 1.87. The van der Waals surface area contributed by atoms with Crippen molar-refractivity contribution in [2.24, 2.45) is 5.73 Å². The monoisotopic (exact) mass is 358 g/mol. The highest BCUT2D eigenvalue weighted by atomic mass is 79.9. The highest BCUT2D eigenvalue weighted by Gasteiger charge is 2.54. The van der Waals surface area contributed by atoms with E-state index in [0.29, 0.717) is 11.0 Å². The Kier molecular flexibility index (Phi) is 3.19. The summed E-state index contributed by atoms with van der Waals surface area (Å²) in [6.07, 6.45) is 3.88. The Bertz CT molecular complexity index is 677. The third-order valence-electron chi connectivity index (χ3n) is 4.34. The minimum absolute atomic E-state index is 0.131. The second-order valence-corrected chi connectivity index (χ2v) is 8.22. The summed E-state index contributed by atoms with van der Waals surface area (Å²) in [5.41, 5.74) is 5.28. The maximum absolute atomic E-state index is 12.7. The molecule has 0 aromatic heterocycles. The number of sulfonamides is 1. The van der Waals surface area contributed by atoms with Gasteiger partial charge in [-0.3, -0.25) is 4.79 Å². The molecule has 1 aliphatic heterocycles. The topological polar surface area (TPSA) is 80.5 Å². The van der Waals surface area contributed by atoms with Crippen LogP contribution in [-0.4, -0.2) is 30.7 Å². The lowest BCUT2D eigenvalue weighted by molar-refractivity contribution is -0.00296. The average molecular weight is 359 g/mol. The number of halogens is 1. The van der Waals surface area contributed by atoms with Gasteiger partial charge < -0.3 is 5.73 Å². The molecule has 5 nitrogen and oxygen atoms in total. The molecule has 0 atom stereocenters. The van der Waals surface area contributed by atoms with Crippen LogP contribution in [0.1, 0.15) is 36.0 Å². The van der Waals surface area contributed by atoms with Crippen molar-refractivity contribution >= 4 is 31.9 Å². The zero-order valence-electron chi connectivity index (χ0n) is 10.8. The quantitative estimate of drug-likeness (QED) is 0.895. The van der Waals surface area contributed by atoms with Crippen molar-refractivity contribution in [3.05, 3.63) is 28.2 Å². The van der Waals surface area contributed by atoms with Crippen LogP contribution in [0.3, 0.4) is 0 Å². The molecule has 2 N–H and O–H groups in total. The first-order valence-electron chi connectivity index (χ1n) is 6.48. The molecule has 1 aromatic carbocycles. The van der Waals surface area contributed by atoms with E-state index in [-0.39, 0.29) is 16.0 Å². The summed E-state index contributed by atoms with van der Waals surface area (Å²) in [6, 6.07) is 4.40. The van der Waals surface area contributed by atoms with Gasteiger partial charge in [0.2, 0.25) is 15.9 Å². The van der Waals surface area contributed by atoms with E-state index in [4.69, 9.17) is 5.73 Å². The number of primary amides is 1. The van der Waals surface area contributed by atoms with Gasteiger partial charge in [0, 0.05) is 22.1 Å². The zero-order valence-corrected chi connectivity index (χ0v) is 13.2. The molecule has 3 rings (SSSR count). The highest BCUT2D eigenvalue weighted by Crippen LogP contribution is 2.49. The molecular weight excluding hydrogens is 344 g/mol. The number of carbonyl (C=O) groups excluding carboxylic acids is 1. The standard InChI is InChI=1S/C13H15BrN2O3S/c14-10-6-9(12(15)17)7-11(8-10)20(18,19)16-5-4-13(16)2-1-3-13/h6-8H,1-5H2,(H2,15,17). The van der Waals surface area contributed by atoms with E-state index >= 15 is 0 Å². The molecule has 1 heterocycles. The maximum Gasteiger partial charge on any atom is 0.248 e. The molecule has 1 aliphatic carbocycles. The molecule has 1 saturated carbocycles. The molecule has 0 unspecified atom stereocenters. The average Bonchev–Trinajstić information content (AvgIpc) is 2.23. The summed E-state index contributed by atoms with van der Waals surface area (Å²) < 4.78 is 27.5. The largest absolute Gasteiger partial charge is 0.366 e. The summed E-state index contributed by atoms with van der Waals surface area (Å²) >= 11 is 3.23. The van der Waals surface area contributed by atoms with Crippen LogP contribution in [0, 0.1) is 0 Å². The van der Waals surface area contributed by atoms with E-state index in [1.807, 2.05) is 0 Å². The molecule has 2 aliphatic rings. The first-order valence-corrected chi connectivity index (χ1v) is 8.72. The predicted molar refractivity (Wildman–Crippen MR) is 77.8 cm³/mol. The second-order valence-electron chi connectivity index (χ2n) is 5.44. The third kappa shape index (κ3) is 1.99. The molecule has 108 valence electrons. The van der Waals surface area contributed by atoms with Gasteiger partial charge in [-0.05, 0) is 43.9 Å². The molecule has 2 fully saturated rings. The maximum atomic E-state index is 12.7. The zero-order chi connectivity index (χ0) is 14.5. The lowest BCUT2D eigenvalue weighted by atomic mass is 9.70. The van der Waals surface area contributed by atoms with Gasteiger partial charge in [-0.25, -0.2) is 8.42 Å². The third-order valence-corrected chi connectivity index (χ3v) is 6.78. The van der Waals surface area contributed by atoms with Gasteiger partial charge in [0.15, 0.2) is 0 Å². The van der Waals surface area contributed by atoms with Crippen LogP contribution in [0.15, 0.2) is 27.6 Å². The lowest BCUT2D eigenvalue weighted by Gasteiger charge is -2.57. The number of benzene rings is 1. The van der Waals surface area contributed by atoms with Gasteiger partial charge in [0.05, 0.1) is 4.90 Å². The van der Waals surface area contributed by atoms with E-state index in [0.717, 1.165) is 25.7 Å². The molecule has 0 bridgehead atoms. The Morgan fingerprint density at radius 3 is 2.40 bits per heavy atom. The fraction of sp³-hybridized carbons (Fsp3) is 0.462. The van der Waals surface area contributed by atoms with Crippen molar-refractivity contribution in [2.75, 3.05) is 6.54 Å². The Balaban J connectivity index is 2.01. The number of hydrogen-bond acceptors (Lipinski definition) is 3. The van der Waals surface area contributed by atoms with Gasteiger partial charge in [0.25, 0.3) is 0 Å². The number of carbonyl (C=O) groups is 1. The van der Waals surface area contributed by atoms with Gasteiger partial charge in [0.1, 0.15) is 0 Å². The van der Waals surface area contributed by atoms with Gasteiger partial charge in [-0.15, -0.1) is 0 Å². The smallest absolute Gasteiger partial charge is 0.248 e. The second kappa shape index (κ2) is 4.54. The first-order chi connectivity index (χ1) is 9.35. The van der Waals surface area contributed by atoms with Crippen molar-refractivity contribution in [3.63, 3.8) is 0 Å². The van der Waals surface area contributed by atoms with Crippen LogP contribution >= 0.6 is 15.9 Å². The first kappa shape index (κ1) is 14.0. The summed E-state index contributed by atoms with van der Waals surface area (Å²) in [6.45, 7) is 0.556. The van der Waals surface area contributed by atoms with Gasteiger partial charge >= 0.3 is 0 Å². The van der Waals surface area contributed by atoms with Gasteiger partial charge in [-0.2, -0.15) is 4.31 Å². The van der Waals surface area contributed by atoms with Crippen molar-refractivity contribution in [1.29, 1.82) is 0 Å². The molecule has 20 heavy (non-hydrogen) atoms. The Morgan fingerprint density at radius 2 is 1.95 bits per heavy atom. The van der Waals surface area contributed by atoms with Crippen molar-refractivity contribution in [3.8, 4) is 0 Å². The number of rotatable bonds is 3. The number of nitrogens with two attached hydrogens (primary N) is 1. The highest BCUT2D eigenvalue weighted by molar-refractivity contribution is 9.10. The lowest BCUT2D eigenvalue weighted by Crippen LogP contribution is -2.65. The number of nitrogens with zero attached hydrogens (tertiary/aromatic N) is 1. The molecule has 1 spiro atoms. The summed E-state index contributed by atoms with van der Waals surface area (Å²) in [5, 5.41) is 0. The molecule has 1 amide bonds. The fourth-order valence-electron chi connectivity index (χ4n) is 2.96.